The summed E-state index contributed by atoms with van der Waals surface area (Å²) in [5, 5.41) is 3.32. The first-order valence-corrected chi connectivity index (χ1v) is 8.00. The lowest BCUT2D eigenvalue weighted by atomic mass is 9.93. The smallest absolute Gasteiger partial charge is 0.316 e. The minimum absolute atomic E-state index is 0.258. The van der Waals surface area contributed by atoms with E-state index in [1.54, 1.807) is 6.07 Å². The largest absolute Gasteiger partial charge is 0.323 e. The summed E-state index contributed by atoms with van der Waals surface area (Å²) in [5.74, 6) is -1.36. The number of hydrogen-bond donors (Lipinski definition) is 3. The maximum atomic E-state index is 14.0. The van der Waals surface area contributed by atoms with Crippen molar-refractivity contribution in [1.29, 1.82) is 0 Å². The summed E-state index contributed by atoms with van der Waals surface area (Å²) in [7, 11) is 0. The predicted octanol–water partition coefficient (Wildman–Crippen LogP) is 2.80. The van der Waals surface area contributed by atoms with E-state index in [0.717, 1.165) is 42.2 Å². The summed E-state index contributed by atoms with van der Waals surface area (Å²) in [6.07, 6.45) is 1.26. The lowest BCUT2D eigenvalue weighted by Gasteiger charge is -2.13. The molecule has 24 heavy (non-hydrogen) atoms. The first kappa shape index (κ1) is 15.1. The number of benzene rings is 2. The molecule has 124 valence electrons. The van der Waals surface area contributed by atoms with Gasteiger partial charge in [0.2, 0.25) is 0 Å². The molecule has 0 amide bonds. The van der Waals surface area contributed by atoms with Crippen LogP contribution in [-0.2, 0) is 6.42 Å². The molecule has 3 N–H and O–H groups in total. The molecule has 1 aromatic heterocycles. The Bertz CT molecular complexity index is 955. The third-order valence-electron chi connectivity index (χ3n) is 4.64. The van der Waals surface area contributed by atoms with Crippen LogP contribution in [-0.4, -0.2) is 23.1 Å². The van der Waals surface area contributed by atoms with Crippen LogP contribution in [0, 0.1) is 11.6 Å². The molecule has 3 aromatic rings. The minimum Gasteiger partial charge on any atom is -0.316 e. The van der Waals surface area contributed by atoms with E-state index in [2.05, 4.69) is 15.3 Å². The Morgan fingerprint density at radius 3 is 2.83 bits per heavy atom. The second-order valence-corrected chi connectivity index (χ2v) is 6.27. The highest BCUT2D eigenvalue weighted by Gasteiger charge is 2.21. The Morgan fingerprint density at radius 2 is 2.04 bits per heavy atom. The molecule has 0 spiro atoms. The van der Waals surface area contributed by atoms with Gasteiger partial charge in [-0.25, -0.2) is 13.6 Å². The molecule has 0 aliphatic carbocycles. The van der Waals surface area contributed by atoms with Crippen molar-refractivity contribution in [1.82, 2.24) is 15.3 Å². The van der Waals surface area contributed by atoms with Gasteiger partial charge in [-0.2, -0.15) is 0 Å². The summed E-state index contributed by atoms with van der Waals surface area (Å²) in [6, 6.07) is 8.02. The van der Waals surface area contributed by atoms with E-state index in [9.17, 15) is 13.6 Å². The average Bonchev–Trinajstić information content (AvgIpc) is 3.19. The lowest BCUT2D eigenvalue weighted by molar-refractivity contribution is 0.501. The van der Waals surface area contributed by atoms with Crippen LogP contribution < -0.4 is 11.0 Å². The Labute approximate surface area is 136 Å². The topological polar surface area (TPSA) is 60.7 Å². The summed E-state index contributed by atoms with van der Waals surface area (Å²) < 4.78 is 27.4. The molecule has 1 fully saturated rings. The molecule has 1 unspecified atom stereocenters. The van der Waals surface area contributed by atoms with Crippen LogP contribution in [0.2, 0.25) is 0 Å². The van der Waals surface area contributed by atoms with Crippen molar-refractivity contribution in [3.63, 3.8) is 0 Å². The van der Waals surface area contributed by atoms with E-state index in [4.69, 9.17) is 0 Å². The van der Waals surface area contributed by atoms with Gasteiger partial charge < -0.3 is 15.3 Å². The summed E-state index contributed by atoms with van der Waals surface area (Å²) in [5.41, 5.74) is 3.45. The molecule has 0 bridgehead atoms. The maximum absolute atomic E-state index is 14.0. The zero-order chi connectivity index (χ0) is 16.7. The summed E-state index contributed by atoms with van der Waals surface area (Å²) in [6.45, 7) is 1.78. The molecule has 0 radical (unpaired) electrons. The van der Waals surface area contributed by atoms with Crippen LogP contribution >= 0.6 is 0 Å². The molecule has 2 aromatic carbocycles. The second kappa shape index (κ2) is 5.87. The number of halogens is 2. The van der Waals surface area contributed by atoms with Crippen molar-refractivity contribution >= 4 is 11.0 Å². The average molecular weight is 329 g/mol. The van der Waals surface area contributed by atoms with E-state index < -0.39 is 11.6 Å². The van der Waals surface area contributed by atoms with Crippen LogP contribution in [0.5, 0.6) is 0 Å². The third kappa shape index (κ3) is 2.63. The molecular weight excluding hydrogens is 312 g/mol. The highest BCUT2D eigenvalue weighted by molar-refractivity contribution is 5.80. The Balaban J connectivity index is 1.80. The van der Waals surface area contributed by atoms with Crippen molar-refractivity contribution in [2.45, 2.75) is 18.8 Å². The molecular formula is C18H17F2N3O. The number of aromatic amines is 2. The second-order valence-electron chi connectivity index (χ2n) is 6.27. The van der Waals surface area contributed by atoms with Gasteiger partial charge in [0, 0.05) is 13.0 Å². The van der Waals surface area contributed by atoms with Crippen LogP contribution in [0.3, 0.4) is 0 Å². The Morgan fingerprint density at radius 1 is 1.17 bits per heavy atom. The van der Waals surface area contributed by atoms with Crippen molar-refractivity contribution in [2.75, 3.05) is 13.1 Å². The number of imidazole rings is 1. The monoisotopic (exact) mass is 329 g/mol. The maximum Gasteiger partial charge on any atom is 0.323 e. The van der Waals surface area contributed by atoms with E-state index in [1.807, 2.05) is 12.1 Å². The van der Waals surface area contributed by atoms with Gasteiger partial charge in [0.05, 0.1) is 11.0 Å². The zero-order valence-corrected chi connectivity index (χ0v) is 13.0. The van der Waals surface area contributed by atoms with E-state index in [0.29, 0.717) is 17.0 Å². The van der Waals surface area contributed by atoms with Gasteiger partial charge in [-0.1, -0.05) is 18.2 Å². The number of rotatable bonds is 3. The van der Waals surface area contributed by atoms with Crippen LogP contribution in [0.15, 0.2) is 35.1 Å². The Kier molecular flexibility index (Phi) is 3.69. The van der Waals surface area contributed by atoms with E-state index >= 15 is 0 Å². The van der Waals surface area contributed by atoms with Gasteiger partial charge in [-0.3, -0.25) is 0 Å². The van der Waals surface area contributed by atoms with Gasteiger partial charge in [0.15, 0.2) is 11.6 Å². The van der Waals surface area contributed by atoms with Crippen molar-refractivity contribution in [2.24, 2.45) is 0 Å². The van der Waals surface area contributed by atoms with Crippen LogP contribution in [0.25, 0.3) is 11.0 Å². The summed E-state index contributed by atoms with van der Waals surface area (Å²) >= 11 is 0. The van der Waals surface area contributed by atoms with Crippen molar-refractivity contribution in [3.8, 4) is 0 Å². The van der Waals surface area contributed by atoms with Crippen molar-refractivity contribution in [3.05, 3.63) is 69.1 Å². The molecule has 1 atom stereocenters. The zero-order valence-electron chi connectivity index (χ0n) is 13.0. The molecule has 6 heteroatoms. The lowest BCUT2D eigenvalue weighted by Crippen LogP contribution is -2.09. The van der Waals surface area contributed by atoms with Crippen LogP contribution in [0.4, 0.5) is 8.78 Å². The Hall–Kier alpha value is -2.47. The fourth-order valence-corrected chi connectivity index (χ4v) is 3.48. The van der Waals surface area contributed by atoms with Gasteiger partial charge >= 0.3 is 5.69 Å². The standard InChI is InChI=1S/C18H17F2N3O/c19-14-3-1-2-11(16(14)20)6-10-7-13(12-4-5-21-9-12)17-15(8-10)22-18(24)23-17/h1-3,7-8,12,21H,4-6,9H2,(H2,22,23,24). The first-order chi connectivity index (χ1) is 11.6. The molecule has 1 saturated heterocycles. The van der Waals surface area contributed by atoms with E-state index in [-0.39, 0.29) is 12.1 Å². The number of nitrogens with one attached hydrogen (secondary N) is 3. The fourth-order valence-electron chi connectivity index (χ4n) is 3.48. The normalized spacial score (nSPS) is 17.7. The quantitative estimate of drug-likeness (QED) is 0.692. The highest BCUT2D eigenvalue weighted by atomic mass is 19.2. The molecule has 1 aliphatic rings. The molecule has 4 rings (SSSR count). The molecule has 0 saturated carbocycles. The fraction of sp³-hybridized carbons (Fsp3) is 0.278. The van der Waals surface area contributed by atoms with Gasteiger partial charge in [0.1, 0.15) is 0 Å². The highest BCUT2D eigenvalue weighted by Crippen LogP contribution is 2.30. The number of hydrogen-bond acceptors (Lipinski definition) is 2. The SMILES string of the molecule is O=c1[nH]c2cc(Cc3cccc(F)c3F)cc(C3CCNC3)c2[nH]1. The van der Waals surface area contributed by atoms with Gasteiger partial charge in [0.25, 0.3) is 0 Å². The minimum atomic E-state index is -0.844. The summed E-state index contributed by atoms with van der Waals surface area (Å²) in [4.78, 5) is 17.3. The predicted molar refractivity (Wildman–Crippen MR) is 88.3 cm³/mol. The third-order valence-corrected chi connectivity index (χ3v) is 4.64. The molecule has 4 nitrogen and oxygen atoms in total. The number of fused-ring (bicyclic) bond motifs is 1. The number of H-pyrrole nitrogens is 2. The van der Waals surface area contributed by atoms with Gasteiger partial charge in [-0.05, 0) is 47.7 Å². The van der Waals surface area contributed by atoms with Crippen molar-refractivity contribution < 1.29 is 8.78 Å². The number of aromatic nitrogens is 2. The van der Waals surface area contributed by atoms with E-state index in [1.165, 1.54) is 6.07 Å². The first-order valence-electron chi connectivity index (χ1n) is 8.00. The molecule has 1 aliphatic heterocycles. The van der Waals surface area contributed by atoms with Crippen LogP contribution in [0.1, 0.15) is 29.0 Å². The molecule has 2 heterocycles. The van der Waals surface area contributed by atoms with Gasteiger partial charge in [-0.15, -0.1) is 0 Å².